The third-order valence-corrected chi connectivity index (χ3v) is 4.20. The molecular weight excluding hydrogens is 283 g/mol. The zero-order valence-electron chi connectivity index (χ0n) is 10.1. The average Bonchev–Trinajstić information content (AvgIpc) is 3.23. The molecule has 0 heterocycles. The Morgan fingerprint density at radius 2 is 1.95 bits per heavy atom. The molecule has 1 aromatic rings. The molecule has 3 rings (SSSR count). The van der Waals surface area contributed by atoms with E-state index in [1.165, 1.54) is 0 Å². The van der Waals surface area contributed by atoms with Crippen molar-refractivity contribution < 1.29 is 4.79 Å². The van der Waals surface area contributed by atoms with Gasteiger partial charge in [0.05, 0.1) is 6.07 Å². The van der Waals surface area contributed by atoms with Crippen LogP contribution in [0.25, 0.3) is 0 Å². The van der Waals surface area contributed by atoms with Crippen LogP contribution in [0.3, 0.4) is 0 Å². The van der Waals surface area contributed by atoms with Crippen molar-refractivity contribution in [2.75, 3.05) is 0 Å². The molecule has 0 aliphatic heterocycles. The van der Waals surface area contributed by atoms with Gasteiger partial charge in [-0.1, -0.05) is 23.2 Å². The highest BCUT2D eigenvalue weighted by molar-refractivity contribution is 6.34. The summed E-state index contributed by atoms with van der Waals surface area (Å²) in [5.74, 6) is 0.0891. The molecule has 3 nitrogen and oxygen atoms in total. The summed E-state index contributed by atoms with van der Waals surface area (Å²) < 4.78 is 0. The number of hydrogen-bond donors (Lipinski definition) is 1. The summed E-state index contributed by atoms with van der Waals surface area (Å²) in [5.41, 5.74) is 0.412. The number of rotatable bonds is 3. The van der Waals surface area contributed by atoms with E-state index in [1.807, 2.05) is 12.1 Å². The van der Waals surface area contributed by atoms with Crippen molar-refractivity contribution >= 4 is 29.1 Å². The first-order valence-electron chi connectivity index (χ1n) is 6.22. The molecule has 5 heteroatoms. The first-order chi connectivity index (χ1) is 9.03. The molecule has 1 amide bonds. The lowest BCUT2D eigenvalue weighted by molar-refractivity contribution is -0.123. The lowest BCUT2D eigenvalue weighted by atomic mass is 10.1. The van der Waals surface area contributed by atoms with Crippen LogP contribution in [0.1, 0.15) is 30.7 Å². The summed E-state index contributed by atoms with van der Waals surface area (Å²) in [7, 11) is 0. The van der Waals surface area contributed by atoms with Gasteiger partial charge in [-0.15, -0.1) is 0 Å². The van der Waals surface area contributed by atoms with Gasteiger partial charge in [-0.25, -0.2) is 0 Å². The third-order valence-electron chi connectivity index (χ3n) is 3.77. The van der Waals surface area contributed by atoms with Crippen LogP contribution >= 0.6 is 23.2 Å². The number of nitriles is 1. The van der Waals surface area contributed by atoms with Crippen LogP contribution in [0.5, 0.6) is 0 Å². The lowest BCUT2D eigenvalue weighted by Gasteiger charge is -2.09. The van der Waals surface area contributed by atoms with E-state index in [-0.39, 0.29) is 17.7 Å². The molecule has 0 aromatic heterocycles. The van der Waals surface area contributed by atoms with Crippen LogP contribution in [0.4, 0.5) is 0 Å². The van der Waals surface area contributed by atoms with E-state index in [9.17, 15) is 4.79 Å². The normalized spacial score (nSPS) is 26.4. The predicted molar refractivity (Wildman–Crippen MR) is 73.0 cm³/mol. The van der Waals surface area contributed by atoms with Crippen molar-refractivity contribution in [2.45, 2.75) is 30.7 Å². The smallest absolute Gasteiger partial charge is 0.224 e. The molecule has 2 saturated carbocycles. The minimum atomic E-state index is -0.587. The Labute approximate surface area is 121 Å². The zero-order valence-corrected chi connectivity index (χ0v) is 11.6. The van der Waals surface area contributed by atoms with Crippen molar-refractivity contribution in [3.8, 4) is 6.07 Å². The van der Waals surface area contributed by atoms with Crippen LogP contribution < -0.4 is 5.32 Å². The van der Waals surface area contributed by atoms with Gasteiger partial charge in [-0.2, -0.15) is 5.26 Å². The molecule has 0 bridgehead atoms. The number of hydrogen-bond acceptors (Lipinski definition) is 2. The van der Waals surface area contributed by atoms with Crippen LogP contribution in [-0.4, -0.2) is 11.4 Å². The summed E-state index contributed by atoms with van der Waals surface area (Å²) in [6.07, 6.45) is 2.31. The predicted octanol–water partition coefficient (Wildman–Crippen LogP) is 3.27. The lowest BCUT2D eigenvalue weighted by Crippen LogP contribution is -2.36. The maximum absolute atomic E-state index is 12.0. The summed E-state index contributed by atoms with van der Waals surface area (Å²) >= 11 is 11.9. The minimum absolute atomic E-state index is 0.0276. The van der Waals surface area contributed by atoms with Crippen molar-refractivity contribution in [1.82, 2.24) is 5.32 Å². The molecule has 2 aliphatic rings. The number of amides is 1. The van der Waals surface area contributed by atoms with E-state index in [2.05, 4.69) is 11.4 Å². The van der Waals surface area contributed by atoms with Crippen molar-refractivity contribution in [1.29, 1.82) is 5.26 Å². The Morgan fingerprint density at radius 1 is 1.32 bits per heavy atom. The highest BCUT2D eigenvalue weighted by Crippen LogP contribution is 2.49. The van der Waals surface area contributed by atoms with E-state index in [0.29, 0.717) is 10.0 Å². The van der Waals surface area contributed by atoms with Gasteiger partial charge < -0.3 is 5.32 Å². The van der Waals surface area contributed by atoms with Crippen LogP contribution in [0, 0.1) is 17.2 Å². The topological polar surface area (TPSA) is 52.9 Å². The van der Waals surface area contributed by atoms with Crippen LogP contribution in [0.15, 0.2) is 18.2 Å². The highest BCUT2D eigenvalue weighted by Gasteiger charge is 2.50. The largest absolute Gasteiger partial charge is 0.338 e. The SMILES string of the molecule is N#CC1(NC(=O)C2CC2c2cc(Cl)cc(Cl)c2)CC1. The fraction of sp³-hybridized carbons (Fsp3) is 0.429. The second-order valence-electron chi connectivity index (χ2n) is 5.33. The Balaban J connectivity index is 1.67. The van der Waals surface area contributed by atoms with Gasteiger partial charge in [0, 0.05) is 16.0 Å². The Kier molecular flexibility index (Phi) is 2.96. The number of halogens is 2. The van der Waals surface area contributed by atoms with Gasteiger partial charge in [0.2, 0.25) is 5.91 Å². The fourth-order valence-corrected chi connectivity index (χ4v) is 2.90. The Bertz CT molecular complexity index is 569. The number of carbonyl (C=O) groups excluding carboxylic acids is 1. The first-order valence-corrected chi connectivity index (χ1v) is 6.98. The van der Waals surface area contributed by atoms with E-state index < -0.39 is 5.54 Å². The van der Waals surface area contributed by atoms with Crippen molar-refractivity contribution in [3.63, 3.8) is 0 Å². The summed E-state index contributed by atoms with van der Waals surface area (Å²) in [6.45, 7) is 0. The molecule has 19 heavy (non-hydrogen) atoms. The average molecular weight is 295 g/mol. The number of benzene rings is 1. The first kappa shape index (κ1) is 12.8. The van der Waals surface area contributed by atoms with Crippen molar-refractivity contribution in [2.24, 2.45) is 5.92 Å². The molecule has 1 N–H and O–H groups in total. The van der Waals surface area contributed by atoms with Crippen LogP contribution in [0.2, 0.25) is 10.0 Å². The third kappa shape index (κ3) is 2.56. The second-order valence-corrected chi connectivity index (χ2v) is 6.21. The van der Waals surface area contributed by atoms with Gasteiger partial charge in [-0.3, -0.25) is 4.79 Å². The van der Waals surface area contributed by atoms with Crippen LogP contribution in [-0.2, 0) is 4.79 Å². The summed E-state index contributed by atoms with van der Waals surface area (Å²) in [5, 5.41) is 13.0. The Hall–Kier alpha value is -1.24. The standard InChI is InChI=1S/C14H12Cl2N2O/c15-9-3-8(4-10(16)5-9)11-6-12(11)13(19)18-14(7-17)1-2-14/h3-5,11-12H,1-2,6H2,(H,18,19). The molecule has 0 radical (unpaired) electrons. The molecule has 2 fully saturated rings. The van der Waals surface area contributed by atoms with Gasteiger partial charge in [-0.05, 0) is 48.9 Å². The molecule has 0 saturated heterocycles. The molecule has 0 spiro atoms. The van der Waals surface area contributed by atoms with E-state index >= 15 is 0 Å². The van der Waals surface area contributed by atoms with Crippen molar-refractivity contribution in [3.05, 3.63) is 33.8 Å². The summed E-state index contributed by atoms with van der Waals surface area (Å²) in [4.78, 5) is 12.0. The molecule has 98 valence electrons. The summed E-state index contributed by atoms with van der Waals surface area (Å²) in [6, 6.07) is 7.54. The second kappa shape index (κ2) is 4.40. The van der Waals surface area contributed by atoms with Gasteiger partial charge in [0.15, 0.2) is 0 Å². The van der Waals surface area contributed by atoms with E-state index in [1.54, 1.807) is 6.07 Å². The van der Waals surface area contributed by atoms with Gasteiger partial charge in [0.1, 0.15) is 5.54 Å². The quantitative estimate of drug-likeness (QED) is 0.930. The number of carbonyl (C=O) groups is 1. The highest BCUT2D eigenvalue weighted by atomic mass is 35.5. The Morgan fingerprint density at radius 3 is 2.47 bits per heavy atom. The molecule has 2 atom stereocenters. The molecule has 2 aliphatic carbocycles. The minimum Gasteiger partial charge on any atom is -0.338 e. The fourth-order valence-electron chi connectivity index (χ4n) is 2.36. The molecule has 1 aromatic carbocycles. The molecular formula is C14H12Cl2N2O. The zero-order chi connectivity index (χ0) is 13.6. The van der Waals surface area contributed by atoms with Gasteiger partial charge >= 0.3 is 0 Å². The molecule has 2 unspecified atom stereocenters. The maximum Gasteiger partial charge on any atom is 0.224 e. The van der Waals surface area contributed by atoms with E-state index in [4.69, 9.17) is 28.5 Å². The monoisotopic (exact) mass is 294 g/mol. The maximum atomic E-state index is 12.0. The number of nitrogens with zero attached hydrogens (tertiary/aromatic N) is 1. The van der Waals surface area contributed by atoms with E-state index in [0.717, 1.165) is 24.8 Å². The van der Waals surface area contributed by atoms with Gasteiger partial charge in [0.25, 0.3) is 0 Å². The number of nitrogens with one attached hydrogen (secondary N) is 1.